The molecule has 0 aliphatic heterocycles. The Morgan fingerprint density at radius 1 is 0.340 bits per heavy atom. The highest BCUT2D eigenvalue weighted by atomic mass is 16.3. The van der Waals surface area contributed by atoms with Crippen LogP contribution in [0.2, 0.25) is 0 Å². The van der Waals surface area contributed by atoms with E-state index in [-0.39, 0.29) is 0 Å². The number of para-hydroxylation sites is 2. The van der Waals surface area contributed by atoms with Gasteiger partial charge in [0.15, 0.2) is 0 Å². The van der Waals surface area contributed by atoms with Gasteiger partial charge in [-0.1, -0.05) is 127 Å². The van der Waals surface area contributed by atoms with Crippen LogP contribution in [-0.4, -0.2) is 9.13 Å². The quantitative estimate of drug-likeness (QED) is 0.179. The van der Waals surface area contributed by atoms with Crippen LogP contribution in [0.1, 0.15) is 0 Å². The molecule has 3 heteroatoms. The lowest BCUT2D eigenvalue weighted by atomic mass is 10.0. The predicted molar refractivity (Wildman–Crippen MR) is 222 cm³/mol. The third-order valence-electron chi connectivity index (χ3n) is 11.8. The number of rotatable bonds is 2. The van der Waals surface area contributed by atoms with Gasteiger partial charge < -0.3 is 13.6 Å². The molecule has 9 aromatic carbocycles. The zero-order valence-electron chi connectivity index (χ0n) is 28.5. The SMILES string of the molecule is c1ccc2c(c1)-c1cccc3cc(-n4c5ccc6oc7ccccc7c6c5c5ccc6c7ccccc7n(-c7cccc8ccccc78)c6c54)cc-2c13. The molecule has 1 aliphatic rings. The number of hydrogen-bond acceptors (Lipinski definition) is 1. The molecule has 3 nitrogen and oxygen atoms in total. The first kappa shape index (κ1) is 27.6. The number of nitrogens with zero attached hydrogens (tertiary/aromatic N) is 2. The van der Waals surface area contributed by atoms with Crippen molar-refractivity contribution in [3.8, 4) is 33.6 Å². The van der Waals surface area contributed by atoms with E-state index >= 15 is 0 Å². The molecule has 244 valence electrons. The minimum atomic E-state index is 0.906. The van der Waals surface area contributed by atoms with Crippen LogP contribution in [0.25, 0.3) is 121 Å². The van der Waals surface area contributed by atoms with Crippen molar-refractivity contribution in [3.63, 3.8) is 0 Å². The zero-order chi connectivity index (χ0) is 34.4. The highest BCUT2D eigenvalue weighted by Gasteiger charge is 2.27. The number of aromatic nitrogens is 2. The van der Waals surface area contributed by atoms with E-state index in [0.29, 0.717) is 0 Å². The van der Waals surface area contributed by atoms with Gasteiger partial charge in [0.05, 0.1) is 27.8 Å². The third kappa shape index (κ3) is 3.44. The number of hydrogen-bond donors (Lipinski definition) is 0. The largest absolute Gasteiger partial charge is 0.456 e. The standard InChI is InChI=1S/C50H28N2O/c1-2-14-32-29(11-1)12-10-21-41(32)52-42-20-7-5-17-35(42)37-23-24-39-47-43(25-26-45-48(47)38-18-6-8-22-44(38)53-45)51(50(39)49(37)52)31-27-30-13-9-19-36-33-15-3-4-16-34(33)40(28-31)46(30)36/h1-28H. The second-order valence-electron chi connectivity index (χ2n) is 14.4. The Labute approximate surface area is 303 Å². The minimum Gasteiger partial charge on any atom is -0.456 e. The molecule has 0 saturated carbocycles. The van der Waals surface area contributed by atoms with Gasteiger partial charge in [-0.05, 0) is 80.9 Å². The van der Waals surface area contributed by atoms with E-state index in [4.69, 9.17) is 4.42 Å². The van der Waals surface area contributed by atoms with Crippen LogP contribution in [0.15, 0.2) is 174 Å². The summed E-state index contributed by atoms with van der Waals surface area (Å²) in [6.45, 7) is 0. The van der Waals surface area contributed by atoms with E-state index in [1.807, 2.05) is 0 Å². The van der Waals surface area contributed by atoms with Gasteiger partial charge in [0.25, 0.3) is 0 Å². The molecule has 0 unspecified atom stereocenters. The number of fused-ring (bicyclic) bond motifs is 15. The van der Waals surface area contributed by atoms with Crippen molar-refractivity contribution >= 4 is 87.1 Å². The lowest BCUT2D eigenvalue weighted by molar-refractivity contribution is 0.669. The zero-order valence-corrected chi connectivity index (χ0v) is 28.5. The van der Waals surface area contributed by atoms with E-state index in [1.165, 1.54) is 87.6 Å². The Morgan fingerprint density at radius 2 is 1.02 bits per heavy atom. The summed E-state index contributed by atoms with van der Waals surface area (Å²) in [7, 11) is 0. The molecule has 3 heterocycles. The smallest absolute Gasteiger partial charge is 0.136 e. The topological polar surface area (TPSA) is 23.0 Å². The Bertz CT molecular complexity index is 3570. The molecule has 53 heavy (non-hydrogen) atoms. The summed E-state index contributed by atoms with van der Waals surface area (Å²) in [5.74, 6) is 0. The van der Waals surface area contributed by atoms with Crippen LogP contribution in [0, 0.1) is 0 Å². The molecule has 0 fully saturated rings. The van der Waals surface area contributed by atoms with Gasteiger partial charge in [-0.15, -0.1) is 0 Å². The highest BCUT2D eigenvalue weighted by Crippen LogP contribution is 2.50. The van der Waals surface area contributed by atoms with Crippen molar-refractivity contribution in [2.75, 3.05) is 0 Å². The maximum absolute atomic E-state index is 6.53. The van der Waals surface area contributed by atoms with Crippen molar-refractivity contribution in [3.05, 3.63) is 170 Å². The van der Waals surface area contributed by atoms with Crippen LogP contribution < -0.4 is 0 Å². The molecule has 0 saturated heterocycles. The summed E-state index contributed by atoms with van der Waals surface area (Å²) in [6, 6.07) is 62.3. The molecular weight excluding hydrogens is 645 g/mol. The second kappa shape index (κ2) is 9.81. The molecule has 12 aromatic rings. The fourth-order valence-corrected chi connectivity index (χ4v) is 9.71. The molecular formula is C50H28N2O. The van der Waals surface area contributed by atoms with Crippen LogP contribution in [0.4, 0.5) is 0 Å². The van der Waals surface area contributed by atoms with Crippen molar-refractivity contribution < 1.29 is 4.42 Å². The number of furan rings is 1. The molecule has 0 amide bonds. The molecule has 0 bridgehead atoms. The van der Waals surface area contributed by atoms with Gasteiger partial charge in [0.1, 0.15) is 11.2 Å². The van der Waals surface area contributed by atoms with E-state index in [9.17, 15) is 0 Å². The van der Waals surface area contributed by atoms with Crippen molar-refractivity contribution in [2.24, 2.45) is 0 Å². The second-order valence-corrected chi connectivity index (χ2v) is 14.4. The molecule has 0 radical (unpaired) electrons. The van der Waals surface area contributed by atoms with Crippen LogP contribution in [-0.2, 0) is 0 Å². The van der Waals surface area contributed by atoms with Gasteiger partial charge in [-0.25, -0.2) is 0 Å². The Kier molecular flexibility index (Phi) is 5.11. The van der Waals surface area contributed by atoms with Gasteiger partial charge in [-0.3, -0.25) is 0 Å². The Balaban J connectivity index is 1.29. The average molecular weight is 673 g/mol. The molecule has 0 N–H and O–H groups in total. The number of benzene rings is 9. The van der Waals surface area contributed by atoms with Gasteiger partial charge in [-0.2, -0.15) is 0 Å². The third-order valence-corrected chi connectivity index (χ3v) is 11.8. The average Bonchev–Trinajstić information content (AvgIpc) is 3.95. The van der Waals surface area contributed by atoms with Gasteiger partial charge in [0.2, 0.25) is 0 Å². The lowest BCUT2D eigenvalue weighted by Crippen LogP contribution is -1.99. The first-order valence-electron chi connectivity index (χ1n) is 18.3. The van der Waals surface area contributed by atoms with Gasteiger partial charge >= 0.3 is 0 Å². The van der Waals surface area contributed by atoms with Crippen molar-refractivity contribution in [1.82, 2.24) is 9.13 Å². The van der Waals surface area contributed by atoms with Crippen LogP contribution in [0.3, 0.4) is 0 Å². The summed E-state index contributed by atoms with van der Waals surface area (Å²) < 4.78 is 11.6. The van der Waals surface area contributed by atoms with Gasteiger partial charge in [0, 0.05) is 43.4 Å². The maximum atomic E-state index is 6.53. The maximum Gasteiger partial charge on any atom is 0.136 e. The molecule has 13 rings (SSSR count). The van der Waals surface area contributed by atoms with Crippen molar-refractivity contribution in [2.45, 2.75) is 0 Å². The Hall–Kier alpha value is -7.10. The lowest BCUT2D eigenvalue weighted by Gasteiger charge is -2.15. The first-order valence-corrected chi connectivity index (χ1v) is 18.3. The van der Waals surface area contributed by atoms with E-state index in [1.54, 1.807) is 0 Å². The summed E-state index contributed by atoms with van der Waals surface area (Å²) >= 11 is 0. The fourth-order valence-electron chi connectivity index (χ4n) is 9.71. The normalized spacial score (nSPS) is 12.5. The van der Waals surface area contributed by atoms with Crippen LogP contribution in [0.5, 0.6) is 0 Å². The molecule has 0 spiro atoms. The minimum absolute atomic E-state index is 0.906. The summed E-state index contributed by atoms with van der Waals surface area (Å²) in [4.78, 5) is 0. The first-order chi connectivity index (χ1) is 26.3. The van der Waals surface area contributed by atoms with Crippen molar-refractivity contribution in [1.29, 1.82) is 0 Å². The summed E-state index contributed by atoms with van der Waals surface area (Å²) in [6.07, 6.45) is 0. The molecule has 1 aliphatic carbocycles. The Morgan fingerprint density at radius 3 is 1.94 bits per heavy atom. The summed E-state index contributed by atoms with van der Waals surface area (Å²) in [5, 5.41) is 12.2. The molecule has 0 atom stereocenters. The van der Waals surface area contributed by atoms with E-state index in [2.05, 4.69) is 179 Å². The summed E-state index contributed by atoms with van der Waals surface area (Å²) in [5.41, 5.74) is 14.1. The van der Waals surface area contributed by atoms with E-state index in [0.717, 1.165) is 33.1 Å². The van der Waals surface area contributed by atoms with Crippen LogP contribution >= 0.6 is 0 Å². The highest BCUT2D eigenvalue weighted by molar-refractivity contribution is 6.32. The van der Waals surface area contributed by atoms with E-state index < -0.39 is 0 Å². The predicted octanol–water partition coefficient (Wildman–Crippen LogP) is 13.7. The monoisotopic (exact) mass is 672 g/mol. The molecule has 3 aromatic heterocycles. The fraction of sp³-hybridized carbons (Fsp3) is 0.